The summed E-state index contributed by atoms with van der Waals surface area (Å²) in [4.78, 5) is 22.5. The van der Waals surface area contributed by atoms with Gasteiger partial charge in [-0.15, -0.1) is 0 Å². The molecule has 0 aliphatic carbocycles. The molecule has 116 valence electrons. The van der Waals surface area contributed by atoms with Crippen LogP contribution in [-0.2, 0) is 0 Å². The first kappa shape index (κ1) is 15.6. The van der Waals surface area contributed by atoms with Crippen LogP contribution in [0.25, 0.3) is 5.69 Å². The van der Waals surface area contributed by atoms with E-state index in [0.29, 0.717) is 16.9 Å². The summed E-state index contributed by atoms with van der Waals surface area (Å²) in [7, 11) is 3.23. The first-order chi connectivity index (χ1) is 10.5. The van der Waals surface area contributed by atoms with E-state index < -0.39 is 4.92 Å². The molecule has 1 aromatic carbocycles. The summed E-state index contributed by atoms with van der Waals surface area (Å²) in [5.74, 6) is -0.282. The van der Waals surface area contributed by atoms with Crippen molar-refractivity contribution >= 4 is 11.6 Å². The predicted molar refractivity (Wildman–Crippen MR) is 79.2 cm³/mol. The van der Waals surface area contributed by atoms with Crippen molar-refractivity contribution in [3.63, 3.8) is 0 Å². The predicted octanol–water partition coefficient (Wildman–Crippen LogP) is 0.800. The highest BCUT2D eigenvalue weighted by Gasteiger charge is 2.19. The van der Waals surface area contributed by atoms with Gasteiger partial charge in [0.15, 0.2) is 0 Å². The van der Waals surface area contributed by atoms with Crippen molar-refractivity contribution in [2.75, 3.05) is 14.1 Å². The van der Waals surface area contributed by atoms with Crippen molar-refractivity contribution in [3.05, 3.63) is 51.8 Å². The monoisotopic (exact) mass is 304 g/mol. The number of carbonyl (C=O) groups is 1. The number of rotatable bonds is 5. The highest BCUT2D eigenvalue weighted by Crippen LogP contribution is 2.17. The van der Waals surface area contributed by atoms with E-state index >= 15 is 0 Å². The Hall–Kier alpha value is -2.78. The molecule has 0 radical (unpaired) electrons. The Labute approximate surface area is 126 Å². The van der Waals surface area contributed by atoms with Crippen molar-refractivity contribution in [3.8, 4) is 5.69 Å². The van der Waals surface area contributed by atoms with Gasteiger partial charge in [-0.2, -0.15) is 5.10 Å². The van der Waals surface area contributed by atoms with Crippen molar-refractivity contribution in [1.82, 2.24) is 25.7 Å². The molecule has 2 aromatic rings. The van der Waals surface area contributed by atoms with E-state index in [0.717, 1.165) is 0 Å². The first-order valence-electron chi connectivity index (χ1n) is 6.48. The Bertz CT molecular complexity index is 690. The van der Waals surface area contributed by atoms with Gasteiger partial charge in [0.2, 0.25) is 0 Å². The lowest BCUT2D eigenvalue weighted by Crippen LogP contribution is -2.48. The van der Waals surface area contributed by atoms with Gasteiger partial charge in [-0.1, -0.05) is 0 Å². The molecule has 9 nitrogen and oxygen atoms in total. The molecule has 0 spiro atoms. The number of nitrogens with one attached hydrogen (secondary N) is 2. The van der Waals surface area contributed by atoms with Gasteiger partial charge in [0.1, 0.15) is 0 Å². The lowest BCUT2D eigenvalue weighted by Gasteiger charge is -2.18. The third-order valence-corrected chi connectivity index (χ3v) is 3.10. The molecule has 1 amide bonds. The van der Waals surface area contributed by atoms with Crippen LogP contribution in [0, 0.1) is 17.0 Å². The third-order valence-electron chi connectivity index (χ3n) is 3.10. The van der Waals surface area contributed by atoms with E-state index in [1.54, 1.807) is 39.3 Å². The van der Waals surface area contributed by atoms with Crippen LogP contribution in [0.1, 0.15) is 16.1 Å². The topological polar surface area (TPSA) is 105 Å². The molecule has 1 heterocycles. The van der Waals surface area contributed by atoms with Crippen molar-refractivity contribution in [1.29, 1.82) is 0 Å². The quantitative estimate of drug-likeness (QED) is 0.625. The second-order valence-corrected chi connectivity index (χ2v) is 4.43. The number of aromatic nitrogens is 2. The number of aryl methyl sites for hydroxylation is 1. The van der Waals surface area contributed by atoms with E-state index in [9.17, 15) is 14.9 Å². The summed E-state index contributed by atoms with van der Waals surface area (Å²) < 4.78 is 1.51. The molecule has 0 aliphatic heterocycles. The van der Waals surface area contributed by atoms with Crippen LogP contribution in [0.2, 0.25) is 0 Å². The number of benzene rings is 1. The minimum Gasteiger partial charge on any atom is -0.266 e. The van der Waals surface area contributed by atoms with Crippen LogP contribution in [0.3, 0.4) is 0 Å². The van der Waals surface area contributed by atoms with E-state index in [1.807, 2.05) is 0 Å². The summed E-state index contributed by atoms with van der Waals surface area (Å²) in [5.41, 5.74) is 7.02. The van der Waals surface area contributed by atoms with Crippen LogP contribution in [-0.4, -0.2) is 39.8 Å². The smallest absolute Gasteiger partial charge is 0.266 e. The summed E-state index contributed by atoms with van der Waals surface area (Å²) in [5, 5.41) is 16.2. The van der Waals surface area contributed by atoms with E-state index in [1.165, 1.54) is 21.9 Å². The molecule has 2 N–H and O–H groups in total. The first-order valence-corrected chi connectivity index (χ1v) is 6.48. The van der Waals surface area contributed by atoms with Crippen LogP contribution >= 0.6 is 0 Å². The molecule has 0 saturated heterocycles. The molecule has 0 aliphatic rings. The van der Waals surface area contributed by atoms with Crippen LogP contribution in [0.5, 0.6) is 0 Å². The number of hydrogen-bond acceptors (Lipinski definition) is 6. The van der Waals surface area contributed by atoms with Crippen molar-refractivity contribution in [2.24, 2.45) is 0 Å². The fourth-order valence-corrected chi connectivity index (χ4v) is 1.96. The maximum Gasteiger partial charge on any atom is 0.286 e. The molecule has 22 heavy (non-hydrogen) atoms. The van der Waals surface area contributed by atoms with Crippen molar-refractivity contribution < 1.29 is 9.72 Å². The van der Waals surface area contributed by atoms with E-state index in [-0.39, 0.29) is 11.6 Å². The van der Waals surface area contributed by atoms with Crippen LogP contribution < -0.4 is 10.9 Å². The Morgan fingerprint density at radius 2 is 1.86 bits per heavy atom. The Balaban J connectivity index is 2.33. The molecule has 0 atom stereocenters. The zero-order chi connectivity index (χ0) is 16.3. The van der Waals surface area contributed by atoms with Crippen molar-refractivity contribution in [2.45, 2.75) is 6.92 Å². The standard InChI is InChI=1S/C13H16N6O3/c1-9-12(13(20)18(14-2)15-3)8-17(16-9)10-4-6-11(7-5-10)19(21)22/h4-8,14-15H,1-3H3. The number of amides is 1. The van der Waals surface area contributed by atoms with Crippen LogP contribution in [0.4, 0.5) is 5.69 Å². The summed E-state index contributed by atoms with van der Waals surface area (Å²) in [6.07, 6.45) is 1.58. The molecular weight excluding hydrogens is 288 g/mol. The maximum absolute atomic E-state index is 12.3. The Morgan fingerprint density at radius 3 is 2.36 bits per heavy atom. The zero-order valence-electron chi connectivity index (χ0n) is 12.4. The molecule has 2 rings (SSSR count). The summed E-state index contributed by atoms with van der Waals surface area (Å²) in [6, 6.07) is 5.93. The number of carbonyl (C=O) groups excluding carboxylic acids is 1. The van der Waals surface area contributed by atoms with Gasteiger partial charge in [-0.25, -0.2) is 20.7 Å². The molecule has 9 heteroatoms. The number of hydrogen-bond donors (Lipinski definition) is 2. The molecule has 0 bridgehead atoms. The van der Waals surface area contributed by atoms with Gasteiger partial charge in [0.25, 0.3) is 11.6 Å². The van der Waals surface area contributed by atoms with Gasteiger partial charge in [0.05, 0.1) is 21.9 Å². The SMILES string of the molecule is CNN(NC)C(=O)c1cn(-c2ccc([N+](=O)[O-])cc2)nc1C. The second-order valence-electron chi connectivity index (χ2n) is 4.43. The average molecular weight is 304 g/mol. The van der Waals surface area contributed by atoms with Crippen LogP contribution in [0.15, 0.2) is 30.5 Å². The minimum atomic E-state index is -0.467. The number of nitrogens with zero attached hydrogens (tertiary/aromatic N) is 4. The van der Waals surface area contributed by atoms with Gasteiger partial charge in [0, 0.05) is 32.4 Å². The average Bonchev–Trinajstić information content (AvgIpc) is 2.90. The number of hydrazine groups is 2. The lowest BCUT2D eigenvalue weighted by atomic mass is 10.2. The molecule has 1 aromatic heterocycles. The fourth-order valence-electron chi connectivity index (χ4n) is 1.96. The molecule has 0 saturated carbocycles. The molecule has 0 fully saturated rings. The van der Waals surface area contributed by atoms with E-state index in [2.05, 4.69) is 16.0 Å². The van der Waals surface area contributed by atoms with Gasteiger partial charge in [-0.05, 0) is 19.1 Å². The highest BCUT2D eigenvalue weighted by molar-refractivity contribution is 5.94. The van der Waals surface area contributed by atoms with Gasteiger partial charge in [-0.3, -0.25) is 14.9 Å². The summed E-state index contributed by atoms with van der Waals surface area (Å²) in [6.45, 7) is 1.72. The lowest BCUT2D eigenvalue weighted by molar-refractivity contribution is -0.384. The largest absolute Gasteiger partial charge is 0.286 e. The second kappa shape index (κ2) is 6.33. The number of nitro benzene ring substituents is 1. The van der Waals surface area contributed by atoms with Gasteiger partial charge >= 0.3 is 0 Å². The van der Waals surface area contributed by atoms with E-state index in [4.69, 9.17) is 0 Å². The molecule has 0 unspecified atom stereocenters. The minimum absolute atomic E-state index is 0.000434. The number of non-ortho nitro benzene ring substituents is 1. The Morgan fingerprint density at radius 1 is 1.27 bits per heavy atom. The fraction of sp³-hybridized carbons (Fsp3) is 0.231. The third kappa shape index (κ3) is 2.95. The normalized spacial score (nSPS) is 10.5. The summed E-state index contributed by atoms with van der Waals surface area (Å²) >= 11 is 0. The Kier molecular flexibility index (Phi) is 4.49. The number of nitro groups is 1. The zero-order valence-corrected chi connectivity index (χ0v) is 12.4. The highest BCUT2D eigenvalue weighted by atomic mass is 16.6. The van der Waals surface area contributed by atoms with Gasteiger partial charge < -0.3 is 0 Å². The maximum atomic E-state index is 12.3. The molecular formula is C13H16N6O3.